The van der Waals surface area contributed by atoms with E-state index in [0.717, 1.165) is 12.7 Å². The van der Waals surface area contributed by atoms with Crippen LogP contribution in [0, 0.1) is 0 Å². The maximum Gasteiger partial charge on any atom is 0.321 e. The van der Waals surface area contributed by atoms with E-state index in [2.05, 4.69) is 4.72 Å². The summed E-state index contributed by atoms with van der Waals surface area (Å²) in [7, 11) is -7.24. The van der Waals surface area contributed by atoms with Crippen molar-refractivity contribution in [2.24, 2.45) is 0 Å². The van der Waals surface area contributed by atoms with Crippen LogP contribution in [-0.2, 0) is 24.7 Å². The summed E-state index contributed by atoms with van der Waals surface area (Å²) < 4.78 is 47.8. The third-order valence-corrected chi connectivity index (χ3v) is 7.04. The minimum absolute atomic E-state index is 0.0959. The second kappa shape index (κ2) is 7.55. The van der Waals surface area contributed by atoms with E-state index < -0.39 is 42.4 Å². The van der Waals surface area contributed by atoms with Crippen LogP contribution in [0.1, 0.15) is 46.5 Å². The molecule has 0 rings (SSSR count). The van der Waals surface area contributed by atoms with E-state index in [0.29, 0.717) is 6.42 Å². The standard InChI is InChI=1S/C12H25NO6S2/c1-5-6-7-10(11(14)15)13-21(18,19)9-8-12(2,3)20(4,16)17/h10,13H,5-9H2,1-4H3,(H,14,15). The Labute approximate surface area is 127 Å². The number of carboxylic acids is 1. The summed E-state index contributed by atoms with van der Waals surface area (Å²) in [4.78, 5) is 11.0. The fraction of sp³-hybridized carbons (Fsp3) is 0.917. The van der Waals surface area contributed by atoms with E-state index >= 15 is 0 Å². The van der Waals surface area contributed by atoms with Crippen molar-refractivity contribution in [3.8, 4) is 0 Å². The molecule has 9 heteroatoms. The average molecular weight is 343 g/mol. The number of nitrogens with one attached hydrogen (secondary N) is 1. The Morgan fingerprint density at radius 3 is 2.14 bits per heavy atom. The first-order valence-electron chi connectivity index (χ1n) is 6.75. The molecule has 0 aliphatic heterocycles. The van der Waals surface area contributed by atoms with Crippen LogP contribution in [-0.4, -0.2) is 50.7 Å². The lowest BCUT2D eigenvalue weighted by molar-refractivity contribution is -0.139. The zero-order chi connectivity index (χ0) is 16.9. The van der Waals surface area contributed by atoms with E-state index in [1.54, 1.807) is 0 Å². The lowest BCUT2D eigenvalue weighted by Gasteiger charge is -2.23. The molecule has 0 aromatic carbocycles. The highest BCUT2D eigenvalue weighted by atomic mass is 32.2. The van der Waals surface area contributed by atoms with Gasteiger partial charge in [-0.3, -0.25) is 4.79 Å². The third-order valence-electron chi connectivity index (χ3n) is 3.44. The number of aliphatic carboxylic acids is 1. The summed E-state index contributed by atoms with van der Waals surface area (Å²) in [5, 5.41) is 9.00. The molecule has 2 N–H and O–H groups in total. The van der Waals surface area contributed by atoms with Gasteiger partial charge in [0.15, 0.2) is 9.84 Å². The molecule has 126 valence electrons. The van der Waals surface area contributed by atoms with Gasteiger partial charge in [-0.25, -0.2) is 21.6 Å². The summed E-state index contributed by atoms with van der Waals surface area (Å²) in [6.07, 6.45) is 2.51. The van der Waals surface area contributed by atoms with E-state index in [1.165, 1.54) is 13.8 Å². The molecule has 0 aromatic heterocycles. The molecule has 0 spiro atoms. The molecule has 0 saturated heterocycles. The third kappa shape index (κ3) is 7.23. The molecular weight excluding hydrogens is 318 g/mol. The van der Waals surface area contributed by atoms with Crippen LogP contribution in [0.25, 0.3) is 0 Å². The number of carboxylic acid groups (broad SMARTS) is 1. The second-order valence-electron chi connectivity index (χ2n) is 5.75. The topological polar surface area (TPSA) is 118 Å². The lowest BCUT2D eigenvalue weighted by atomic mass is 10.1. The number of sulfone groups is 1. The average Bonchev–Trinajstić information content (AvgIpc) is 2.30. The summed E-state index contributed by atoms with van der Waals surface area (Å²) >= 11 is 0. The predicted molar refractivity (Wildman–Crippen MR) is 81.4 cm³/mol. The molecule has 1 unspecified atom stereocenters. The minimum atomic E-state index is -3.84. The van der Waals surface area contributed by atoms with Crippen molar-refractivity contribution in [1.82, 2.24) is 4.72 Å². The fourth-order valence-corrected chi connectivity index (χ4v) is 3.63. The van der Waals surface area contributed by atoms with Gasteiger partial charge in [-0.2, -0.15) is 0 Å². The SMILES string of the molecule is CCCCC(NS(=O)(=O)CCC(C)(C)S(C)(=O)=O)C(=O)O. The molecule has 0 radical (unpaired) electrons. The molecule has 21 heavy (non-hydrogen) atoms. The number of rotatable bonds is 10. The van der Waals surface area contributed by atoms with Crippen LogP contribution in [0.5, 0.6) is 0 Å². The highest BCUT2D eigenvalue weighted by molar-refractivity contribution is 7.92. The van der Waals surface area contributed by atoms with Crippen LogP contribution in [0.3, 0.4) is 0 Å². The fourth-order valence-electron chi connectivity index (χ4n) is 1.48. The molecule has 0 heterocycles. The van der Waals surface area contributed by atoms with Crippen molar-refractivity contribution in [3.05, 3.63) is 0 Å². The van der Waals surface area contributed by atoms with Crippen LogP contribution < -0.4 is 4.72 Å². The molecule has 0 amide bonds. The predicted octanol–water partition coefficient (Wildman–Crippen LogP) is 0.763. The molecule has 7 nitrogen and oxygen atoms in total. The summed E-state index contributed by atoms with van der Waals surface area (Å²) in [6.45, 7) is 4.77. The first-order chi connectivity index (χ1) is 9.32. The molecule has 1 atom stereocenters. The molecule has 0 fully saturated rings. The van der Waals surface area contributed by atoms with Gasteiger partial charge < -0.3 is 5.11 Å². The highest BCUT2D eigenvalue weighted by Gasteiger charge is 2.32. The number of hydrogen-bond acceptors (Lipinski definition) is 5. The Hall–Kier alpha value is -0.670. The van der Waals surface area contributed by atoms with Gasteiger partial charge in [0, 0.05) is 6.26 Å². The summed E-state index contributed by atoms with van der Waals surface area (Å²) in [5.41, 5.74) is 0. The van der Waals surface area contributed by atoms with Crippen LogP contribution >= 0.6 is 0 Å². The molecule has 0 bridgehead atoms. The Balaban J connectivity index is 4.80. The first-order valence-corrected chi connectivity index (χ1v) is 10.3. The number of sulfonamides is 1. The van der Waals surface area contributed by atoms with Crippen LogP contribution in [0.4, 0.5) is 0 Å². The maximum atomic E-state index is 11.9. The van der Waals surface area contributed by atoms with Crippen molar-refractivity contribution in [2.45, 2.75) is 57.2 Å². The molecule has 0 aromatic rings. The van der Waals surface area contributed by atoms with E-state index in [1.807, 2.05) is 6.92 Å². The van der Waals surface area contributed by atoms with Crippen LogP contribution in [0.15, 0.2) is 0 Å². The van der Waals surface area contributed by atoms with Crippen molar-refractivity contribution in [2.75, 3.05) is 12.0 Å². The second-order valence-corrected chi connectivity index (χ2v) is 10.3. The number of carbonyl (C=O) groups is 1. The zero-order valence-electron chi connectivity index (χ0n) is 12.9. The van der Waals surface area contributed by atoms with E-state index in [-0.39, 0.29) is 12.8 Å². The molecular formula is C12H25NO6S2. The molecule has 0 saturated carbocycles. The maximum absolute atomic E-state index is 11.9. The Kier molecular flexibility index (Phi) is 7.31. The van der Waals surface area contributed by atoms with Crippen LogP contribution in [0.2, 0.25) is 0 Å². The minimum Gasteiger partial charge on any atom is -0.480 e. The van der Waals surface area contributed by atoms with Gasteiger partial charge >= 0.3 is 5.97 Å². The summed E-state index contributed by atoms with van der Waals surface area (Å²) in [5.74, 6) is -1.66. The van der Waals surface area contributed by atoms with E-state index in [4.69, 9.17) is 5.11 Å². The van der Waals surface area contributed by atoms with Gasteiger partial charge in [-0.15, -0.1) is 0 Å². The van der Waals surface area contributed by atoms with Gasteiger partial charge in [-0.1, -0.05) is 19.8 Å². The smallest absolute Gasteiger partial charge is 0.321 e. The van der Waals surface area contributed by atoms with Crippen molar-refractivity contribution in [1.29, 1.82) is 0 Å². The van der Waals surface area contributed by atoms with E-state index in [9.17, 15) is 21.6 Å². The Morgan fingerprint density at radius 2 is 1.76 bits per heavy atom. The molecule has 0 aliphatic carbocycles. The summed E-state index contributed by atoms with van der Waals surface area (Å²) in [6, 6.07) is -1.17. The van der Waals surface area contributed by atoms with Crippen molar-refractivity contribution in [3.63, 3.8) is 0 Å². The number of hydrogen-bond donors (Lipinski definition) is 2. The largest absolute Gasteiger partial charge is 0.480 e. The quantitative estimate of drug-likeness (QED) is 0.605. The normalized spacial score (nSPS) is 14.9. The van der Waals surface area contributed by atoms with Gasteiger partial charge in [0.25, 0.3) is 0 Å². The molecule has 0 aliphatic rings. The zero-order valence-corrected chi connectivity index (χ0v) is 14.6. The van der Waals surface area contributed by atoms with Gasteiger partial charge in [0.1, 0.15) is 6.04 Å². The van der Waals surface area contributed by atoms with Crippen molar-refractivity contribution >= 4 is 25.8 Å². The van der Waals surface area contributed by atoms with Crippen molar-refractivity contribution < 1.29 is 26.7 Å². The van der Waals surface area contributed by atoms with Gasteiger partial charge in [-0.05, 0) is 26.7 Å². The lowest BCUT2D eigenvalue weighted by Crippen LogP contribution is -2.43. The number of unbranched alkanes of at least 4 members (excludes halogenated alkanes) is 1. The van der Waals surface area contributed by atoms with Gasteiger partial charge in [0.05, 0.1) is 10.5 Å². The van der Waals surface area contributed by atoms with Gasteiger partial charge in [0.2, 0.25) is 10.0 Å². The Bertz CT molecular complexity index is 550. The highest BCUT2D eigenvalue weighted by Crippen LogP contribution is 2.20. The monoisotopic (exact) mass is 343 g/mol. The first kappa shape index (κ1) is 20.3. The Morgan fingerprint density at radius 1 is 1.24 bits per heavy atom.